The Morgan fingerprint density at radius 1 is 1.28 bits per heavy atom. The molecule has 0 spiro atoms. The number of carbonyl (C=O) groups is 2. The van der Waals surface area contributed by atoms with Crippen LogP contribution in [-0.2, 0) is 25.7 Å². The van der Waals surface area contributed by atoms with E-state index in [0.717, 1.165) is 5.56 Å². The third-order valence-corrected chi connectivity index (χ3v) is 2.28. The third kappa shape index (κ3) is 4.97. The minimum absolute atomic E-state index is 0.0871. The molecule has 1 amide bonds. The van der Waals surface area contributed by atoms with Crippen molar-refractivity contribution in [2.24, 2.45) is 0 Å². The van der Waals surface area contributed by atoms with Crippen LogP contribution in [0.2, 0.25) is 0 Å². The highest BCUT2D eigenvalue weighted by molar-refractivity contribution is 5.84. The maximum Gasteiger partial charge on any atom is 0.328 e. The number of nitrogens with one attached hydrogen (secondary N) is 1. The molecule has 0 aromatic heterocycles. The van der Waals surface area contributed by atoms with Crippen LogP contribution in [0.4, 0.5) is 0 Å². The molecule has 0 radical (unpaired) electrons. The van der Waals surface area contributed by atoms with Crippen LogP contribution in [0.5, 0.6) is 0 Å². The van der Waals surface area contributed by atoms with Gasteiger partial charge in [0.15, 0.2) is 0 Å². The number of amides is 1. The molecule has 5 heteroatoms. The molecular weight excluding hydrogens is 234 g/mol. The first-order chi connectivity index (χ1) is 8.63. The van der Waals surface area contributed by atoms with Crippen LogP contribution in [0, 0.1) is 0 Å². The summed E-state index contributed by atoms with van der Waals surface area (Å²) in [6, 6.07) is 8.87. The molecule has 18 heavy (non-hydrogen) atoms. The van der Waals surface area contributed by atoms with Gasteiger partial charge in [-0.05, 0) is 12.5 Å². The van der Waals surface area contributed by atoms with Crippen molar-refractivity contribution in [2.45, 2.75) is 19.6 Å². The highest BCUT2D eigenvalue weighted by Gasteiger charge is 2.15. The fourth-order valence-electron chi connectivity index (χ4n) is 1.35. The number of esters is 1. The van der Waals surface area contributed by atoms with Crippen molar-refractivity contribution in [3.63, 3.8) is 0 Å². The summed E-state index contributed by atoms with van der Waals surface area (Å²) in [6.07, 6.45) is 0. The van der Waals surface area contributed by atoms with Gasteiger partial charge < -0.3 is 14.8 Å². The maximum atomic E-state index is 11.4. The van der Waals surface area contributed by atoms with E-state index in [1.165, 1.54) is 7.11 Å². The Labute approximate surface area is 106 Å². The number of hydrogen-bond donors (Lipinski definition) is 1. The molecule has 0 aliphatic carbocycles. The highest BCUT2D eigenvalue weighted by atomic mass is 16.5. The molecule has 0 fully saturated rings. The monoisotopic (exact) mass is 251 g/mol. The van der Waals surface area contributed by atoms with E-state index in [0.29, 0.717) is 6.61 Å². The van der Waals surface area contributed by atoms with E-state index in [1.54, 1.807) is 6.92 Å². The number of carbonyl (C=O) groups excluding carboxylic acids is 2. The van der Waals surface area contributed by atoms with E-state index < -0.39 is 12.0 Å². The molecule has 1 aromatic carbocycles. The van der Waals surface area contributed by atoms with E-state index in [1.807, 2.05) is 30.3 Å². The first kappa shape index (κ1) is 14.2. The second-order valence-corrected chi connectivity index (χ2v) is 3.79. The largest absolute Gasteiger partial charge is 0.467 e. The van der Waals surface area contributed by atoms with Gasteiger partial charge in [0, 0.05) is 0 Å². The fraction of sp³-hybridized carbons (Fsp3) is 0.385. The lowest BCUT2D eigenvalue weighted by molar-refractivity contribution is -0.145. The zero-order valence-corrected chi connectivity index (χ0v) is 10.5. The van der Waals surface area contributed by atoms with Crippen molar-refractivity contribution in [1.29, 1.82) is 0 Å². The van der Waals surface area contributed by atoms with Crippen LogP contribution in [-0.4, -0.2) is 31.6 Å². The van der Waals surface area contributed by atoms with Crippen molar-refractivity contribution in [1.82, 2.24) is 5.32 Å². The molecule has 98 valence electrons. The molecule has 1 aromatic rings. The van der Waals surface area contributed by atoms with E-state index in [4.69, 9.17) is 4.74 Å². The molecule has 0 aliphatic rings. The molecule has 0 bridgehead atoms. The first-order valence-electron chi connectivity index (χ1n) is 5.62. The number of rotatable bonds is 6. The minimum Gasteiger partial charge on any atom is -0.467 e. The van der Waals surface area contributed by atoms with Crippen molar-refractivity contribution >= 4 is 11.9 Å². The highest BCUT2D eigenvalue weighted by Crippen LogP contribution is 2.00. The van der Waals surface area contributed by atoms with Gasteiger partial charge >= 0.3 is 5.97 Å². The van der Waals surface area contributed by atoms with Crippen molar-refractivity contribution in [3.05, 3.63) is 35.9 Å². The van der Waals surface area contributed by atoms with Crippen molar-refractivity contribution < 1.29 is 19.1 Å². The number of hydrogen-bond acceptors (Lipinski definition) is 4. The van der Waals surface area contributed by atoms with E-state index >= 15 is 0 Å². The maximum absolute atomic E-state index is 11.4. The molecule has 5 nitrogen and oxygen atoms in total. The van der Waals surface area contributed by atoms with Crippen LogP contribution in [0.1, 0.15) is 12.5 Å². The van der Waals surface area contributed by atoms with Crippen molar-refractivity contribution in [3.8, 4) is 0 Å². The summed E-state index contributed by atoms with van der Waals surface area (Å²) >= 11 is 0. The third-order valence-electron chi connectivity index (χ3n) is 2.28. The summed E-state index contributed by atoms with van der Waals surface area (Å²) in [4.78, 5) is 22.5. The van der Waals surface area contributed by atoms with Crippen LogP contribution in [0.25, 0.3) is 0 Å². The van der Waals surface area contributed by atoms with Crippen molar-refractivity contribution in [2.75, 3.05) is 13.7 Å². The minimum atomic E-state index is -0.664. The SMILES string of the molecule is COC(=O)[C@@H](C)NC(=O)COCc1ccccc1. The van der Waals surface area contributed by atoms with E-state index in [-0.39, 0.29) is 12.5 Å². The molecule has 0 heterocycles. The Morgan fingerprint density at radius 2 is 1.94 bits per heavy atom. The van der Waals surface area contributed by atoms with E-state index in [2.05, 4.69) is 10.1 Å². The lowest BCUT2D eigenvalue weighted by atomic mass is 10.2. The standard InChI is InChI=1S/C13H17NO4/c1-10(13(16)17-2)14-12(15)9-18-8-11-6-4-3-5-7-11/h3-7,10H,8-9H2,1-2H3,(H,14,15)/t10-/m1/s1. The zero-order valence-electron chi connectivity index (χ0n) is 10.5. The number of benzene rings is 1. The van der Waals surface area contributed by atoms with Gasteiger partial charge in [0.25, 0.3) is 0 Å². The second kappa shape index (κ2) is 7.45. The Morgan fingerprint density at radius 3 is 2.56 bits per heavy atom. The molecular formula is C13H17NO4. The summed E-state index contributed by atoms with van der Waals surface area (Å²) in [5.41, 5.74) is 0.992. The van der Waals surface area contributed by atoms with Crippen LogP contribution in [0.15, 0.2) is 30.3 Å². The van der Waals surface area contributed by atoms with Crippen LogP contribution in [0.3, 0.4) is 0 Å². The summed E-state index contributed by atoms with van der Waals surface area (Å²) in [5.74, 6) is -0.824. The summed E-state index contributed by atoms with van der Waals surface area (Å²) in [6.45, 7) is 1.83. The molecule has 0 aliphatic heterocycles. The lowest BCUT2D eigenvalue weighted by Gasteiger charge is -2.11. The molecule has 1 atom stereocenters. The predicted molar refractivity (Wildman–Crippen MR) is 65.7 cm³/mol. The van der Waals surface area contributed by atoms with Gasteiger partial charge in [0.2, 0.25) is 5.91 Å². The van der Waals surface area contributed by atoms with Gasteiger partial charge in [-0.15, -0.1) is 0 Å². The van der Waals surface area contributed by atoms with Gasteiger partial charge in [-0.2, -0.15) is 0 Å². The lowest BCUT2D eigenvalue weighted by Crippen LogP contribution is -2.40. The first-order valence-corrected chi connectivity index (χ1v) is 5.62. The quantitative estimate of drug-likeness (QED) is 0.762. The molecule has 0 unspecified atom stereocenters. The zero-order chi connectivity index (χ0) is 13.4. The average Bonchev–Trinajstić information content (AvgIpc) is 2.38. The fourth-order valence-corrected chi connectivity index (χ4v) is 1.35. The predicted octanol–water partition coefficient (Wildman–Crippen LogP) is 0.881. The number of ether oxygens (including phenoxy) is 2. The summed E-state index contributed by atoms with van der Waals surface area (Å²) in [5, 5.41) is 2.48. The normalized spacial score (nSPS) is 11.7. The van der Waals surface area contributed by atoms with Gasteiger partial charge in [-0.3, -0.25) is 4.79 Å². The topological polar surface area (TPSA) is 64.6 Å². The molecule has 0 saturated heterocycles. The van der Waals surface area contributed by atoms with Crippen LogP contribution < -0.4 is 5.32 Å². The van der Waals surface area contributed by atoms with E-state index in [9.17, 15) is 9.59 Å². The summed E-state index contributed by atoms with van der Waals surface area (Å²) < 4.78 is 9.72. The Kier molecular flexibility index (Phi) is 5.87. The van der Waals surface area contributed by atoms with Gasteiger partial charge in [0.05, 0.1) is 13.7 Å². The van der Waals surface area contributed by atoms with Gasteiger partial charge in [0.1, 0.15) is 12.6 Å². The second-order valence-electron chi connectivity index (χ2n) is 3.79. The Bertz CT molecular complexity index is 391. The molecule has 0 saturated carbocycles. The number of methoxy groups -OCH3 is 1. The smallest absolute Gasteiger partial charge is 0.328 e. The Hall–Kier alpha value is -1.88. The van der Waals surface area contributed by atoms with Gasteiger partial charge in [-0.1, -0.05) is 30.3 Å². The van der Waals surface area contributed by atoms with Crippen LogP contribution >= 0.6 is 0 Å². The average molecular weight is 251 g/mol. The van der Waals surface area contributed by atoms with Gasteiger partial charge in [-0.25, -0.2) is 4.79 Å². The molecule has 1 N–H and O–H groups in total. The Balaban J connectivity index is 2.23. The summed E-state index contributed by atoms with van der Waals surface area (Å²) in [7, 11) is 1.27. The molecule has 1 rings (SSSR count).